The Labute approximate surface area is 124 Å². The van der Waals surface area contributed by atoms with Gasteiger partial charge in [0.05, 0.1) is 13.2 Å². The van der Waals surface area contributed by atoms with E-state index in [9.17, 15) is 0 Å². The summed E-state index contributed by atoms with van der Waals surface area (Å²) < 4.78 is 5.70. The van der Waals surface area contributed by atoms with Crippen LogP contribution in [0.5, 0.6) is 5.75 Å². The lowest BCUT2D eigenvalue weighted by Crippen LogP contribution is -1.98. The van der Waals surface area contributed by atoms with Crippen molar-refractivity contribution in [3.8, 4) is 5.75 Å². The Balaban J connectivity index is 1.94. The smallest absolute Gasteiger partial charge is 0.119 e. The largest absolute Gasteiger partial charge is 0.494 e. The van der Waals surface area contributed by atoms with E-state index < -0.39 is 0 Å². The third kappa shape index (κ3) is 8.21. The van der Waals surface area contributed by atoms with Crippen molar-refractivity contribution in [2.24, 2.45) is 0 Å². The summed E-state index contributed by atoms with van der Waals surface area (Å²) in [5, 5.41) is 9.05. The second kappa shape index (κ2) is 11.8. The molecule has 0 aliphatic heterocycles. The summed E-state index contributed by atoms with van der Waals surface area (Å²) in [4.78, 5) is 0. The monoisotopic (exact) mass is 278 g/mol. The molecule has 0 heterocycles. The van der Waals surface area contributed by atoms with Gasteiger partial charge in [0, 0.05) is 0 Å². The van der Waals surface area contributed by atoms with Crippen LogP contribution in [0.25, 0.3) is 0 Å². The van der Waals surface area contributed by atoms with Crippen LogP contribution in [0.1, 0.15) is 70.3 Å². The van der Waals surface area contributed by atoms with Crippen molar-refractivity contribution in [2.45, 2.75) is 71.3 Å². The molecule has 0 aromatic heterocycles. The van der Waals surface area contributed by atoms with Crippen molar-refractivity contribution in [3.05, 3.63) is 29.8 Å². The van der Waals surface area contributed by atoms with E-state index >= 15 is 0 Å². The Morgan fingerprint density at radius 3 is 2.20 bits per heavy atom. The minimum Gasteiger partial charge on any atom is -0.494 e. The predicted molar refractivity (Wildman–Crippen MR) is 85.1 cm³/mol. The number of aliphatic hydroxyl groups is 1. The molecule has 1 rings (SSSR count). The van der Waals surface area contributed by atoms with Crippen molar-refractivity contribution >= 4 is 0 Å². The van der Waals surface area contributed by atoms with Gasteiger partial charge in [0.25, 0.3) is 0 Å². The lowest BCUT2D eigenvalue weighted by Gasteiger charge is -2.07. The molecule has 0 radical (unpaired) electrons. The van der Waals surface area contributed by atoms with E-state index in [1.807, 2.05) is 24.3 Å². The van der Waals surface area contributed by atoms with Crippen LogP contribution < -0.4 is 4.74 Å². The minimum atomic E-state index is 0.0786. The molecule has 2 nitrogen and oxygen atoms in total. The molecule has 0 saturated carbocycles. The number of ether oxygens (including phenoxy) is 1. The summed E-state index contributed by atoms with van der Waals surface area (Å²) >= 11 is 0. The fourth-order valence-electron chi connectivity index (χ4n) is 2.34. The highest BCUT2D eigenvalue weighted by molar-refractivity contribution is 5.27. The Hall–Kier alpha value is -1.02. The molecule has 0 aliphatic rings. The molecule has 0 spiro atoms. The third-order valence-corrected chi connectivity index (χ3v) is 3.60. The summed E-state index contributed by atoms with van der Waals surface area (Å²) in [6.07, 6.45) is 12.0. The van der Waals surface area contributed by atoms with Crippen molar-refractivity contribution in [2.75, 3.05) is 6.61 Å². The van der Waals surface area contributed by atoms with Gasteiger partial charge in [0.2, 0.25) is 0 Å². The standard InChI is InChI=1S/C18H30O2/c1-2-3-4-5-6-7-8-9-10-14-20-18-13-11-12-17(15-18)16-19/h11-13,15,19H,2-10,14,16H2,1H3. The maximum atomic E-state index is 9.05. The van der Waals surface area contributed by atoms with Crippen LogP contribution in [0.3, 0.4) is 0 Å². The fourth-order valence-corrected chi connectivity index (χ4v) is 2.34. The molecule has 0 saturated heterocycles. The zero-order valence-electron chi connectivity index (χ0n) is 12.9. The first-order valence-electron chi connectivity index (χ1n) is 8.19. The zero-order valence-corrected chi connectivity index (χ0v) is 12.9. The highest BCUT2D eigenvalue weighted by Crippen LogP contribution is 2.14. The summed E-state index contributed by atoms with van der Waals surface area (Å²) in [5.74, 6) is 0.871. The van der Waals surface area contributed by atoms with E-state index in [4.69, 9.17) is 9.84 Å². The van der Waals surface area contributed by atoms with Crippen molar-refractivity contribution < 1.29 is 9.84 Å². The minimum absolute atomic E-state index is 0.0786. The van der Waals surface area contributed by atoms with Crippen LogP contribution in [-0.2, 0) is 6.61 Å². The second-order valence-electron chi connectivity index (χ2n) is 5.48. The first-order valence-corrected chi connectivity index (χ1v) is 8.19. The number of hydrogen-bond donors (Lipinski definition) is 1. The van der Waals surface area contributed by atoms with Crippen LogP contribution in [-0.4, -0.2) is 11.7 Å². The number of aliphatic hydroxyl groups excluding tert-OH is 1. The molecule has 0 atom stereocenters. The van der Waals surface area contributed by atoms with Crippen LogP contribution in [0.4, 0.5) is 0 Å². The van der Waals surface area contributed by atoms with E-state index in [0.717, 1.165) is 24.3 Å². The van der Waals surface area contributed by atoms with Crippen molar-refractivity contribution in [3.63, 3.8) is 0 Å². The van der Waals surface area contributed by atoms with Crippen LogP contribution in [0.15, 0.2) is 24.3 Å². The first-order chi connectivity index (χ1) is 9.86. The maximum Gasteiger partial charge on any atom is 0.119 e. The molecule has 1 aromatic carbocycles. The van der Waals surface area contributed by atoms with Gasteiger partial charge in [0.15, 0.2) is 0 Å². The number of rotatable bonds is 12. The number of unbranched alkanes of at least 4 members (excludes halogenated alkanes) is 8. The average Bonchev–Trinajstić information content (AvgIpc) is 2.49. The zero-order chi connectivity index (χ0) is 14.5. The average molecular weight is 278 g/mol. The maximum absolute atomic E-state index is 9.05. The Morgan fingerprint density at radius 2 is 1.55 bits per heavy atom. The molecular weight excluding hydrogens is 248 g/mol. The van der Waals surface area contributed by atoms with Crippen molar-refractivity contribution in [1.29, 1.82) is 0 Å². The topological polar surface area (TPSA) is 29.5 Å². The molecule has 0 aliphatic carbocycles. The Kier molecular flexibility index (Phi) is 10.0. The third-order valence-electron chi connectivity index (χ3n) is 3.60. The normalized spacial score (nSPS) is 10.7. The van der Waals surface area contributed by atoms with E-state index in [2.05, 4.69) is 6.92 Å². The first kappa shape index (κ1) is 17.0. The van der Waals surface area contributed by atoms with E-state index in [1.54, 1.807) is 0 Å². The van der Waals surface area contributed by atoms with Crippen molar-refractivity contribution in [1.82, 2.24) is 0 Å². The molecule has 1 N–H and O–H groups in total. The van der Waals surface area contributed by atoms with Gasteiger partial charge < -0.3 is 9.84 Å². The lowest BCUT2D eigenvalue weighted by molar-refractivity contribution is 0.278. The van der Waals surface area contributed by atoms with Crippen LogP contribution >= 0.6 is 0 Å². The molecule has 0 unspecified atom stereocenters. The SMILES string of the molecule is CCCCCCCCCCCOc1cccc(CO)c1. The molecule has 1 aromatic rings. The highest BCUT2D eigenvalue weighted by Gasteiger charge is 1.96. The van der Waals surface area contributed by atoms with Gasteiger partial charge in [-0.2, -0.15) is 0 Å². The summed E-state index contributed by atoms with van der Waals surface area (Å²) in [5.41, 5.74) is 0.912. The van der Waals surface area contributed by atoms with Gasteiger partial charge in [0.1, 0.15) is 5.75 Å². The molecule has 20 heavy (non-hydrogen) atoms. The Morgan fingerprint density at radius 1 is 0.900 bits per heavy atom. The van der Waals surface area contributed by atoms with Crippen LogP contribution in [0, 0.1) is 0 Å². The molecule has 2 heteroatoms. The van der Waals surface area contributed by atoms with Gasteiger partial charge in [-0.05, 0) is 24.1 Å². The number of hydrogen-bond acceptors (Lipinski definition) is 2. The molecule has 114 valence electrons. The molecule has 0 amide bonds. The van der Waals surface area contributed by atoms with Gasteiger partial charge in [-0.3, -0.25) is 0 Å². The molecule has 0 fully saturated rings. The van der Waals surface area contributed by atoms with E-state index in [0.29, 0.717) is 0 Å². The van der Waals surface area contributed by atoms with Gasteiger partial charge in [-0.15, -0.1) is 0 Å². The van der Waals surface area contributed by atoms with E-state index in [-0.39, 0.29) is 6.61 Å². The predicted octanol–water partition coefficient (Wildman–Crippen LogP) is 5.09. The Bertz CT molecular complexity index is 336. The molecular formula is C18H30O2. The van der Waals surface area contributed by atoms with Gasteiger partial charge in [-0.1, -0.05) is 70.4 Å². The van der Waals surface area contributed by atoms with Gasteiger partial charge in [-0.25, -0.2) is 0 Å². The summed E-state index contributed by atoms with van der Waals surface area (Å²) in [6, 6.07) is 7.70. The summed E-state index contributed by atoms with van der Waals surface area (Å²) in [7, 11) is 0. The van der Waals surface area contributed by atoms with E-state index in [1.165, 1.54) is 51.4 Å². The highest BCUT2D eigenvalue weighted by atomic mass is 16.5. The second-order valence-corrected chi connectivity index (χ2v) is 5.48. The molecule has 0 bridgehead atoms. The fraction of sp³-hybridized carbons (Fsp3) is 0.667. The van der Waals surface area contributed by atoms with Crippen LogP contribution in [0.2, 0.25) is 0 Å². The number of benzene rings is 1. The lowest BCUT2D eigenvalue weighted by atomic mass is 10.1. The summed E-state index contributed by atoms with van der Waals surface area (Å²) in [6.45, 7) is 3.12. The quantitative estimate of drug-likeness (QED) is 0.540. The van der Waals surface area contributed by atoms with Gasteiger partial charge >= 0.3 is 0 Å².